The summed E-state index contributed by atoms with van der Waals surface area (Å²) in [5.74, 6) is 1.16. The molecule has 1 N–H and O–H groups in total. The molecule has 21 heavy (non-hydrogen) atoms. The number of thioether (sulfide) groups is 1. The van der Waals surface area contributed by atoms with E-state index in [0.717, 1.165) is 34.3 Å². The summed E-state index contributed by atoms with van der Waals surface area (Å²) < 4.78 is 2.00. The van der Waals surface area contributed by atoms with Crippen LogP contribution in [0.1, 0.15) is 23.9 Å². The number of carbonyl (C=O) groups excluding carboxylic acids is 1. The molecule has 1 aromatic carbocycles. The van der Waals surface area contributed by atoms with Crippen LogP contribution < -0.4 is 5.32 Å². The van der Waals surface area contributed by atoms with Crippen LogP contribution in [-0.2, 0) is 11.3 Å². The first-order chi connectivity index (χ1) is 10.0. The van der Waals surface area contributed by atoms with E-state index in [0.29, 0.717) is 5.75 Å². The summed E-state index contributed by atoms with van der Waals surface area (Å²) >= 11 is 1.41. The summed E-state index contributed by atoms with van der Waals surface area (Å²) in [6.07, 6.45) is 0. The monoisotopic (exact) mass is 304 g/mol. The minimum atomic E-state index is -0.0305. The molecular formula is C15H20N4OS. The largest absolute Gasteiger partial charge is 0.325 e. The molecule has 0 spiro atoms. The third-order valence-electron chi connectivity index (χ3n) is 3.22. The number of hydrogen-bond acceptors (Lipinski definition) is 4. The van der Waals surface area contributed by atoms with Gasteiger partial charge in [0, 0.05) is 12.2 Å². The topological polar surface area (TPSA) is 59.8 Å². The normalized spacial score (nSPS) is 10.7. The molecule has 0 aliphatic carbocycles. The molecule has 1 amide bonds. The van der Waals surface area contributed by atoms with E-state index in [2.05, 4.69) is 15.5 Å². The van der Waals surface area contributed by atoms with Crippen LogP contribution in [0.3, 0.4) is 0 Å². The molecule has 0 saturated carbocycles. The number of anilines is 1. The lowest BCUT2D eigenvalue weighted by atomic mass is 10.1. The Labute approximate surface area is 129 Å². The summed E-state index contributed by atoms with van der Waals surface area (Å²) in [7, 11) is 0. The average Bonchev–Trinajstić information content (AvgIpc) is 2.81. The zero-order valence-electron chi connectivity index (χ0n) is 12.8. The molecule has 2 rings (SSSR count). The molecule has 0 bridgehead atoms. The van der Waals surface area contributed by atoms with Crippen molar-refractivity contribution >= 4 is 23.4 Å². The van der Waals surface area contributed by atoms with Crippen LogP contribution in [0, 0.1) is 20.8 Å². The maximum atomic E-state index is 12.1. The van der Waals surface area contributed by atoms with Gasteiger partial charge in [-0.2, -0.15) is 0 Å². The molecule has 5 nitrogen and oxygen atoms in total. The van der Waals surface area contributed by atoms with Crippen LogP contribution in [0.25, 0.3) is 0 Å². The first kappa shape index (κ1) is 15.6. The van der Waals surface area contributed by atoms with E-state index in [9.17, 15) is 4.79 Å². The van der Waals surface area contributed by atoms with E-state index in [-0.39, 0.29) is 5.91 Å². The van der Waals surface area contributed by atoms with Gasteiger partial charge in [0.2, 0.25) is 5.91 Å². The molecule has 0 radical (unpaired) electrons. The fourth-order valence-corrected chi connectivity index (χ4v) is 2.87. The highest BCUT2D eigenvalue weighted by atomic mass is 32.2. The molecule has 0 aliphatic heterocycles. The number of hydrogen-bond donors (Lipinski definition) is 1. The van der Waals surface area contributed by atoms with Gasteiger partial charge in [-0.1, -0.05) is 23.9 Å². The Morgan fingerprint density at radius 1 is 1.29 bits per heavy atom. The maximum Gasteiger partial charge on any atom is 0.234 e. The standard InChI is InChI=1S/C15H20N4OS/c1-5-19-12(4)17-18-15(19)21-9-14(20)16-13-8-10(2)6-7-11(13)3/h6-8H,5,9H2,1-4H3,(H,16,20). The van der Waals surface area contributed by atoms with Crippen LogP contribution in [0.5, 0.6) is 0 Å². The molecule has 0 unspecified atom stereocenters. The van der Waals surface area contributed by atoms with Crippen molar-refractivity contribution in [2.75, 3.05) is 11.1 Å². The molecular weight excluding hydrogens is 284 g/mol. The van der Waals surface area contributed by atoms with E-state index >= 15 is 0 Å². The molecule has 1 aromatic heterocycles. The molecule has 0 atom stereocenters. The smallest absolute Gasteiger partial charge is 0.234 e. The molecule has 0 fully saturated rings. The van der Waals surface area contributed by atoms with E-state index in [1.54, 1.807) is 0 Å². The Morgan fingerprint density at radius 3 is 2.76 bits per heavy atom. The van der Waals surface area contributed by atoms with Crippen molar-refractivity contribution in [3.05, 3.63) is 35.2 Å². The van der Waals surface area contributed by atoms with Crippen molar-refractivity contribution in [1.82, 2.24) is 14.8 Å². The third-order valence-corrected chi connectivity index (χ3v) is 4.18. The number of amides is 1. The lowest BCUT2D eigenvalue weighted by molar-refractivity contribution is -0.113. The van der Waals surface area contributed by atoms with Crippen LogP contribution in [0.15, 0.2) is 23.4 Å². The second-order valence-electron chi connectivity index (χ2n) is 4.93. The van der Waals surface area contributed by atoms with Gasteiger partial charge < -0.3 is 9.88 Å². The second-order valence-corrected chi connectivity index (χ2v) is 5.87. The number of nitrogens with one attached hydrogen (secondary N) is 1. The molecule has 0 saturated heterocycles. The Hall–Kier alpha value is -1.82. The highest BCUT2D eigenvalue weighted by molar-refractivity contribution is 7.99. The zero-order chi connectivity index (χ0) is 15.4. The van der Waals surface area contributed by atoms with Gasteiger partial charge in [0.1, 0.15) is 5.82 Å². The van der Waals surface area contributed by atoms with E-state index < -0.39 is 0 Å². The van der Waals surface area contributed by atoms with Crippen molar-refractivity contribution in [3.63, 3.8) is 0 Å². The summed E-state index contributed by atoms with van der Waals surface area (Å²) in [5.41, 5.74) is 3.06. The van der Waals surface area contributed by atoms with Gasteiger partial charge in [0.15, 0.2) is 5.16 Å². The predicted octanol–water partition coefficient (Wildman–Crippen LogP) is 2.95. The van der Waals surface area contributed by atoms with Gasteiger partial charge in [-0.15, -0.1) is 10.2 Å². The second kappa shape index (κ2) is 6.76. The van der Waals surface area contributed by atoms with Crippen molar-refractivity contribution < 1.29 is 4.79 Å². The van der Waals surface area contributed by atoms with Crippen molar-refractivity contribution in [1.29, 1.82) is 0 Å². The Balaban J connectivity index is 1.97. The highest BCUT2D eigenvalue weighted by Crippen LogP contribution is 2.19. The molecule has 1 heterocycles. The fraction of sp³-hybridized carbons (Fsp3) is 0.400. The van der Waals surface area contributed by atoms with Crippen LogP contribution in [-0.4, -0.2) is 26.4 Å². The number of nitrogens with zero attached hydrogens (tertiary/aromatic N) is 3. The molecule has 0 aliphatic rings. The number of rotatable bonds is 5. The fourth-order valence-electron chi connectivity index (χ4n) is 2.02. The summed E-state index contributed by atoms with van der Waals surface area (Å²) in [4.78, 5) is 12.1. The number of carbonyl (C=O) groups is 1. The quantitative estimate of drug-likeness (QED) is 0.863. The van der Waals surface area contributed by atoms with E-state index in [1.165, 1.54) is 11.8 Å². The summed E-state index contributed by atoms with van der Waals surface area (Å²) in [6, 6.07) is 6.03. The minimum Gasteiger partial charge on any atom is -0.325 e. The Morgan fingerprint density at radius 2 is 2.05 bits per heavy atom. The van der Waals surface area contributed by atoms with Crippen LogP contribution in [0.2, 0.25) is 0 Å². The molecule has 6 heteroatoms. The SMILES string of the molecule is CCn1c(C)nnc1SCC(=O)Nc1cc(C)ccc1C. The summed E-state index contributed by atoms with van der Waals surface area (Å²) in [6.45, 7) is 8.75. The van der Waals surface area contributed by atoms with Gasteiger partial charge in [-0.05, 0) is 44.9 Å². The van der Waals surface area contributed by atoms with Gasteiger partial charge in [0.25, 0.3) is 0 Å². The minimum absolute atomic E-state index is 0.0305. The molecule has 112 valence electrons. The Kier molecular flexibility index (Phi) is 5.01. The van der Waals surface area contributed by atoms with Crippen molar-refractivity contribution in [3.8, 4) is 0 Å². The van der Waals surface area contributed by atoms with Gasteiger partial charge in [-0.25, -0.2) is 0 Å². The maximum absolute atomic E-state index is 12.1. The van der Waals surface area contributed by atoms with Gasteiger partial charge in [-0.3, -0.25) is 4.79 Å². The Bertz CT molecular complexity index is 651. The average molecular weight is 304 g/mol. The van der Waals surface area contributed by atoms with Crippen molar-refractivity contribution in [2.45, 2.75) is 39.4 Å². The zero-order valence-corrected chi connectivity index (χ0v) is 13.6. The first-order valence-electron chi connectivity index (χ1n) is 6.91. The third kappa shape index (κ3) is 3.85. The van der Waals surface area contributed by atoms with Crippen molar-refractivity contribution in [2.24, 2.45) is 0 Å². The van der Waals surface area contributed by atoms with Gasteiger partial charge >= 0.3 is 0 Å². The lowest BCUT2D eigenvalue weighted by Gasteiger charge is -2.09. The molecule has 2 aromatic rings. The lowest BCUT2D eigenvalue weighted by Crippen LogP contribution is -2.15. The summed E-state index contributed by atoms with van der Waals surface area (Å²) in [5, 5.41) is 11.9. The van der Waals surface area contributed by atoms with Gasteiger partial charge in [0.05, 0.1) is 5.75 Å². The predicted molar refractivity (Wildman–Crippen MR) is 85.7 cm³/mol. The van der Waals surface area contributed by atoms with Crippen LogP contribution in [0.4, 0.5) is 5.69 Å². The van der Waals surface area contributed by atoms with E-state index in [4.69, 9.17) is 0 Å². The van der Waals surface area contributed by atoms with E-state index in [1.807, 2.05) is 50.5 Å². The first-order valence-corrected chi connectivity index (χ1v) is 7.89. The number of aromatic nitrogens is 3. The van der Waals surface area contributed by atoms with Crippen LogP contribution >= 0.6 is 11.8 Å². The number of benzene rings is 1. The number of aryl methyl sites for hydroxylation is 3. The highest BCUT2D eigenvalue weighted by Gasteiger charge is 2.11.